The molecule has 1 saturated carbocycles. The molecule has 1 aliphatic carbocycles. The third kappa shape index (κ3) is 4.76. The zero-order valence-corrected chi connectivity index (χ0v) is 17.0. The Labute approximate surface area is 175 Å². The number of carbonyl (C=O) groups is 2. The Morgan fingerprint density at radius 3 is 2.43 bits per heavy atom. The van der Waals surface area contributed by atoms with Gasteiger partial charge in [0.2, 0.25) is 0 Å². The van der Waals surface area contributed by atoms with Gasteiger partial charge in [-0.15, -0.1) is 0 Å². The van der Waals surface area contributed by atoms with Crippen molar-refractivity contribution < 1.29 is 14.3 Å². The fourth-order valence-corrected chi connectivity index (χ4v) is 3.31. The maximum atomic E-state index is 12.7. The van der Waals surface area contributed by atoms with Crippen molar-refractivity contribution >= 4 is 11.9 Å². The Kier molecular flexibility index (Phi) is 5.93. The van der Waals surface area contributed by atoms with Gasteiger partial charge in [-0.2, -0.15) is 5.10 Å². The Balaban J connectivity index is 1.36. The van der Waals surface area contributed by atoms with E-state index in [9.17, 15) is 9.59 Å². The van der Waals surface area contributed by atoms with Gasteiger partial charge in [0.15, 0.2) is 12.3 Å². The van der Waals surface area contributed by atoms with Crippen LogP contribution in [0.25, 0.3) is 5.69 Å². The van der Waals surface area contributed by atoms with E-state index in [4.69, 9.17) is 4.74 Å². The van der Waals surface area contributed by atoms with E-state index in [0.717, 1.165) is 29.8 Å². The van der Waals surface area contributed by atoms with Crippen LogP contribution < -0.4 is 5.32 Å². The number of aromatic nitrogens is 2. The lowest BCUT2D eigenvalue weighted by Gasteiger charge is -2.13. The SMILES string of the molecule is C[C@@H](CNC(=O)COC(=O)c1cc(C2CC2)nn1-c1ccccc1)c1ccccc1. The molecule has 2 aromatic carbocycles. The van der Waals surface area contributed by atoms with Crippen molar-refractivity contribution in [1.82, 2.24) is 15.1 Å². The van der Waals surface area contributed by atoms with Crippen LogP contribution in [0.4, 0.5) is 0 Å². The second kappa shape index (κ2) is 8.95. The van der Waals surface area contributed by atoms with E-state index in [1.54, 1.807) is 10.7 Å². The minimum atomic E-state index is -0.551. The summed E-state index contributed by atoms with van der Waals surface area (Å²) in [6.45, 7) is 2.20. The molecule has 1 aliphatic rings. The topological polar surface area (TPSA) is 73.2 Å². The molecule has 6 nitrogen and oxygen atoms in total. The summed E-state index contributed by atoms with van der Waals surface area (Å²) in [6.07, 6.45) is 2.17. The van der Waals surface area contributed by atoms with Gasteiger partial charge in [0, 0.05) is 12.5 Å². The maximum absolute atomic E-state index is 12.7. The lowest BCUT2D eigenvalue weighted by molar-refractivity contribution is -0.124. The second-order valence-corrected chi connectivity index (χ2v) is 7.67. The summed E-state index contributed by atoms with van der Waals surface area (Å²) in [7, 11) is 0. The molecule has 0 bridgehead atoms. The van der Waals surface area contributed by atoms with Crippen LogP contribution in [0, 0.1) is 0 Å². The van der Waals surface area contributed by atoms with Gasteiger partial charge in [-0.05, 0) is 42.5 Å². The average Bonchev–Trinajstić information content (AvgIpc) is 3.55. The number of hydrogen-bond acceptors (Lipinski definition) is 4. The number of nitrogens with one attached hydrogen (secondary N) is 1. The van der Waals surface area contributed by atoms with Gasteiger partial charge in [0.25, 0.3) is 5.91 Å². The molecule has 6 heteroatoms. The molecule has 3 aromatic rings. The summed E-state index contributed by atoms with van der Waals surface area (Å²) in [5.41, 5.74) is 3.17. The van der Waals surface area contributed by atoms with Gasteiger partial charge in [-0.25, -0.2) is 9.48 Å². The van der Waals surface area contributed by atoms with Crippen molar-refractivity contribution in [1.29, 1.82) is 0 Å². The molecule has 1 N–H and O–H groups in total. The maximum Gasteiger partial charge on any atom is 0.357 e. The minimum absolute atomic E-state index is 0.173. The van der Waals surface area contributed by atoms with Crippen molar-refractivity contribution in [3.05, 3.63) is 83.7 Å². The standard InChI is InChI=1S/C24H25N3O3/c1-17(18-8-4-2-5-9-18)15-25-23(28)16-30-24(29)22-14-21(19-12-13-19)26-27(22)20-10-6-3-7-11-20/h2-11,14,17,19H,12-13,15-16H2,1H3,(H,25,28)/t17-/m0/s1. The second-order valence-electron chi connectivity index (χ2n) is 7.67. The first-order chi connectivity index (χ1) is 14.6. The van der Waals surface area contributed by atoms with Gasteiger partial charge in [0.05, 0.1) is 11.4 Å². The van der Waals surface area contributed by atoms with E-state index in [0.29, 0.717) is 18.2 Å². The normalized spacial score (nSPS) is 14.2. The molecule has 0 saturated heterocycles. The first kappa shape index (κ1) is 19.9. The van der Waals surface area contributed by atoms with E-state index in [1.807, 2.05) is 67.6 Å². The molecule has 4 rings (SSSR count). The van der Waals surface area contributed by atoms with Crippen LogP contribution in [0.2, 0.25) is 0 Å². The Morgan fingerprint density at radius 2 is 1.77 bits per heavy atom. The fraction of sp³-hybridized carbons (Fsp3) is 0.292. The summed E-state index contributed by atoms with van der Waals surface area (Å²) < 4.78 is 6.89. The number of benzene rings is 2. The highest BCUT2D eigenvalue weighted by Gasteiger charge is 2.29. The molecule has 1 fully saturated rings. The molecular weight excluding hydrogens is 378 g/mol. The predicted molar refractivity (Wildman–Crippen MR) is 114 cm³/mol. The van der Waals surface area contributed by atoms with E-state index >= 15 is 0 Å². The highest BCUT2D eigenvalue weighted by molar-refractivity contribution is 5.90. The first-order valence-corrected chi connectivity index (χ1v) is 10.3. The third-order valence-corrected chi connectivity index (χ3v) is 5.24. The Morgan fingerprint density at radius 1 is 1.10 bits per heavy atom. The van der Waals surface area contributed by atoms with Crippen LogP contribution >= 0.6 is 0 Å². The third-order valence-electron chi connectivity index (χ3n) is 5.24. The van der Waals surface area contributed by atoms with E-state index in [-0.39, 0.29) is 18.4 Å². The highest BCUT2D eigenvalue weighted by Crippen LogP contribution is 2.39. The molecule has 154 valence electrons. The van der Waals surface area contributed by atoms with Crippen LogP contribution in [0.1, 0.15) is 53.3 Å². The van der Waals surface area contributed by atoms with Gasteiger partial charge in [-0.3, -0.25) is 4.79 Å². The number of amides is 1. The largest absolute Gasteiger partial charge is 0.451 e. The van der Waals surface area contributed by atoms with Crippen LogP contribution in [-0.2, 0) is 9.53 Å². The lowest BCUT2D eigenvalue weighted by atomic mass is 10.0. The number of para-hydroxylation sites is 1. The molecule has 1 atom stereocenters. The Hall–Kier alpha value is -3.41. The number of nitrogens with zero attached hydrogens (tertiary/aromatic N) is 2. The fourth-order valence-electron chi connectivity index (χ4n) is 3.31. The average molecular weight is 403 g/mol. The van der Waals surface area contributed by atoms with Crippen molar-refractivity contribution in [2.45, 2.75) is 31.6 Å². The minimum Gasteiger partial charge on any atom is -0.451 e. The van der Waals surface area contributed by atoms with Crippen LogP contribution in [0.5, 0.6) is 0 Å². The molecule has 1 amide bonds. The van der Waals surface area contributed by atoms with Crippen molar-refractivity contribution in [3.8, 4) is 5.69 Å². The van der Waals surface area contributed by atoms with Gasteiger partial charge < -0.3 is 10.1 Å². The number of ether oxygens (including phenoxy) is 1. The molecule has 0 unspecified atom stereocenters. The van der Waals surface area contributed by atoms with Crippen molar-refractivity contribution in [3.63, 3.8) is 0 Å². The van der Waals surface area contributed by atoms with Crippen LogP contribution in [-0.4, -0.2) is 34.8 Å². The zero-order valence-electron chi connectivity index (χ0n) is 17.0. The van der Waals surface area contributed by atoms with E-state index < -0.39 is 5.97 Å². The van der Waals surface area contributed by atoms with Gasteiger partial charge in [0.1, 0.15) is 0 Å². The quantitative estimate of drug-likeness (QED) is 0.580. The monoisotopic (exact) mass is 403 g/mol. The van der Waals surface area contributed by atoms with Crippen LogP contribution in [0.15, 0.2) is 66.7 Å². The summed E-state index contributed by atoms with van der Waals surface area (Å²) in [4.78, 5) is 24.9. The Bertz CT molecular complexity index is 1010. The number of esters is 1. The first-order valence-electron chi connectivity index (χ1n) is 10.3. The van der Waals surface area contributed by atoms with E-state index in [1.165, 1.54) is 0 Å². The summed E-state index contributed by atoms with van der Waals surface area (Å²) in [6, 6.07) is 21.2. The molecule has 1 heterocycles. The van der Waals surface area contributed by atoms with Crippen LogP contribution in [0.3, 0.4) is 0 Å². The highest BCUT2D eigenvalue weighted by atomic mass is 16.5. The molecular formula is C24H25N3O3. The zero-order chi connectivity index (χ0) is 20.9. The van der Waals surface area contributed by atoms with E-state index in [2.05, 4.69) is 10.4 Å². The summed E-state index contributed by atoms with van der Waals surface area (Å²) in [5.74, 6) is -0.292. The number of hydrogen-bond donors (Lipinski definition) is 1. The molecule has 0 aliphatic heterocycles. The summed E-state index contributed by atoms with van der Waals surface area (Å²) >= 11 is 0. The smallest absolute Gasteiger partial charge is 0.357 e. The number of carbonyl (C=O) groups excluding carboxylic acids is 2. The van der Waals surface area contributed by atoms with Crippen molar-refractivity contribution in [2.75, 3.05) is 13.2 Å². The van der Waals surface area contributed by atoms with Gasteiger partial charge >= 0.3 is 5.97 Å². The molecule has 0 radical (unpaired) electrons. The summed E-state index contributed by atoms with van der Waals surface area (Å²) in [5, 5.41) is 7.43. The predicted octanol–water partition coefficient (Wildman–Crippen LogP) is 3.83. The van der Waals surface area contributed by atoms with Crippen molar-refractivity contribution in [2.24, 2.45) is 0 Å². The molecule has 30 heavy (non-hydrogen) atoms. The molecule has 0 spiro atoms. The van der Waals surface area contributed by atoms with Gasteiger partial charge in [-0.1, -0.05) is 55.5 Å². The molecule has 1 aromatic heterocycles. The lowest BCUT2D eigenvalue weighted by Crippen LogP contribution is -2.32. The number of rotatable bonds is 8.